The third-order valence-electron chi connectivity index (χ3n) is 8.16. The number of likely N-dealkylation sites (tertiary alicyclic amines) is 1. The molecule has 230 valence electrons. The van der Waals surface area contributed by atoms with Crippen molar-refractivity contribution in [3.05, 3.63) is 59.3 Å². The highest BCUT2D eigenvalue weighted by molar-refractivity contribution is 8.45. The lowest BCUT2D eigenvalue weighted by Gasteiger charge is -2.40. The molecule has 0 atom stereocenters. The van der Waals surface area contributed by atoms with Gasteiger partial charge in [0.1, 0.15) is 4.90 Å². The number of ketones is 1. The topological polar surface area (TPSA) is 67.7 Å². The summed E-state index contributed by atoms with van der Waals surface area (Å²) in [6, 6.07) is 6.20. The van der Waals surface area contributed by atoms with Crippen LogP contribution in [-0.4, -0.2) is 77.2 Å². The number of aryl methyl sites for hydroxylation is 1. The van der Waals surface area contributed by atoms with E-state index in [1.54, 1.807) is 0 Å². The van der Waals surface area contributed by atoms with Crippen molar-refractivity contribution < 1.29 is 33.8 Å². The molecule has 13 heteroatoms. The first-order valence-electron chi connectivity index (χ1n) is 14.1. The SMILES string of the molecule is Cc1c(C(=O)CCCN2CCOCC2)ccc2nn(CC3CCN(C(=O)c4cccc(S(F)(F)(F)(F)F)c4)CC3)cc12. The van der Waals surface area contributed by atoms with Crippen molar-refractivity contribution >= 4 is 32.8 Å². The number of hydrogen-bond acceptors (Lipinski definition) is 5. The summed E-state index contributed by atoms with van der Waals surface area (Å²) in [5.41, 5.74) is 1.97. The minimum absolute atomic E-state index is 0.110. The highest BCUT2D eigenvalue weighted by Gasteiger charge is 2.65. The van der Waals surface area contributed by atoms with Crippen molar-refractivity contribution in [1.82, 2.24) is 19.6 Å². The van der Waals surface area contributed by atoms with Gasteiger partial charge in [0, 0.05) is 61.9 Å². The molecule has 7 nitrogen and oxygen atoms in total. The van der Waals surface area contributed by atoms with Gasteiger partial charge in [0.25, 0.3) is 5.91 Å². The van der Waals surface area contributed by atoms with Crippen LogP contribution in [0.2, 0.25) is 0 Å². The molecule has 42 heavy (non-hydrogen) atoms. The van der Waals surface area contributed by atoms with Crippen molar-refractivity contribution in [2.24, 2.45) is 5.92 Å². The Bertz CT molecular complexity index is 1480. The Morgan fingerprint density at radius 3 is 2.40 bits per heavy atom. The molecule has 5 rings (SSSR count). The quantitative estimate of drug-likeness (QED) is 0.195. The number of piperidine rings is 1. The molecular formula is C29H35F5N4O3S. The van der Waals surface area contributed by atoms with E-state index in [0.29, 0.717) is 50.5 Å². The molecule has 0 saturated carbocycles. The first-order valence-corrected chi connectivity index (χ1v) is 16.1. The third kappa shape index (κ3) is 7.12. The number of amides is 1. The number of ether oxygens (including phenoxy) is 1. The van der Waals surface area contributed by atoms with Gasteiger partial charge in [-0.1, -0.05) is 25.5 Å². The maximum absolute atomic E-state index is 13.2. The van der Waals surface area contributed by atoms with Crippen LogP contribution in [0.25, 0.3) is 10.9 Å². The fourth-order valence-electron chi connectivity index (χ4n) is 5.73. The highest BCUT2D eigenvalue weighted by Crippen LogP contribution is 3.02. The van der Waals surface area contributed by atoms with E-state index in [0.717, 1.165) is 67.9 Å². The number of hydrogen-bond donors (Lipinski definition) is 0. The predicted octanol–water partition coefficient (Wildman–Crippen LogP) is 6.85. The van der Waals surface area contributed by atoms with Crippen molar-refractivity contribution in [3.63, 3.8) is 0 Å². The third-order valence-corrected chi connectivity index (χ3v) is 9.31. The van der Waals surface area contributed by atoms with Crippen LogP contribution >= 0.6 is 10.2 Å². The molecule has 0 N–H and O–H groups in total. The first kappa shape index (κ1) is 30.4. The van der Waals surface area contributed by atoms with E-state index < -0.39 is 26.6 Å². The molecule has 0 aliphatic carbocycles. The minimum Gasteiger partial charge on any atom is -0.379 e. The molecule has 2 aliphatic heterocycles. The zero-order valence-electron chi connectivity index (χ0n) is 23.4. The van der Waals surface area contributed by atoms with Gasteiger partial charge in [-0.2, -0.15) is 5.10 Å². The van der Waals surface area contributed by atoms with Crippen LogP contribution in [0.4, 0.5) is 19.4 Å². The van der Waals surface area contributed by atoms with Gasteiger partial charge in [0.15, 0.2) is 5.78 Å². The summed E-state index contributed by atoms with van der Waals surface area (Å²) in [4.78, 5) is 27.4. The molecule has 2 aromatic carbocycles. The van der Waals surface area contributed by atoms with Crippen molar-refractivity contribution in [1.29, 1.82) is 0 Å². The van der Waals surface area contributed by atoms with Crippen LogP contribution in [0.3, 0.4) is 0 Å². The van der Waals surface area contributed by atoms with E-state index in [2.05, 4.69) is 10.00 Å². The highest BCUT2D eigenvalue weighted by atomic mass is 32.5. The summed E-state index contributed by atoms with van der Waals surface area (Å²) in [7, 11) is -9.88. The van der Waals surface area contributed by atoms with Crippen molar-refractivity contribution in [2.45, 2.75) is 44.0 Å². The number of fused-ring (bicyclic) bond motifs is 1. The second kappa shape index (κ2) is 10.9. The van der Waals surface area contributed by atoms with E-state index in [4.69, 9.17) is 4.74 Å². The summed E-state index contributed by atoms with van der Waals surface area (Å²) < 4.78 is 73.3. The number of carbonyl (C=O) groups excluding carboxylic acids is 2. The minimum atomic E-state index is -9.88. The monoisotopic (exact) mass is 614 g/mol. The molecule has 0 spiro atoms. The number of morpholine rings is 1. The van der Waals surface area contributed by atoms with Crippen molar-refractivity contribution in [2.75, 3.05) is 45.9 Å². The van der Waals surface area contributed by atoms with Gasteiger partial charge < -0.3 is 9.64 Å². The number of nitrogens with zero attached hydrogens (tertiary/aromatic N) is 4. The molecule has 2 aliphatic rings. The Balaban J connectivity index is 1.17. The zero-order chi connectivity index (χ0) is 30.2. The van der Waals surface area contributed by atoms with Gasteiger partial charge in [-0.3, -0.25) is 19.2 Å². The Morgan fingerprint density at radius 2 is 1.71 bits per heavy atom. The number of halogens is 5. The van der Waals surface area contributed by atoms with Crippen molar-refractivity contribution in [3.8, 4) is 0 Å². The fourth-order valence-corrected chi connectivity index (χ4v) is 6.42. The molecule has 0 bridgehead atoms. The molecule has 1 aromatic heterocycles. The van der Waals surface area contributed by atoms with E-state index in [1.807, 2.05) is 29.9 Å². The number of aromatic nitrogens is 2. The van der Waals surface area contributed by atoms with Gasteiger partial charge in [0.05, 0.1) is 18.7 Å². The normalized spacial score (nSPS) is 19.0. The predicted molar refractivity (Wildman–Crippen MR) is 152 cm³/mol. The standard InChI is InChI=1S/C29H35F5N4O3S/c1-21-25(28(39)6-3-11-36-14-16-41-17-15-36)7-8-27-26(21)20-38(35-27)19-22-9-12-37(13-10-22)29(40)23-4-2-5-24(18-23)42(30,31,32,33)34/h2,4-5,7-8,18,20,22H,3,6,9-17,19H2,1H3. The Kier molecular flexibility index (Phi) is 7.90. The van der Waals surface area contributed by atoms with E-state index in [1.165, 1.54) is 4.90 Å². The van der Waals surface area contributed by atoms with Crippen LogP contribution < -0.4 is 0 Å². The number of rotatable bonds is 9. The van der Waals surface area contributed by atoms with Crippen LogP contribution in [0.1, 0.15) is 52.0 Å². The average Bonchev–Trinajstić information content (AvgIpc) is 3.36. The van der Waals surface area contributed by atoms with E-state index >= 15 is 0 Å². The number of Topliss-reactive ketones (excluding diaryl/α,β-unsaturated/α-hetero) is 1. The Hall–Kier alpha value is -3.03. The fraction of sp³-hybridized carbons (Fsp3) is 0.483. The maximum Gasteiger partial charge on any atom is 0.310 e. The van der Waals surface area contributed by atoms with E-state index in [-0.39, 0.29) is 17.8 Å². The molecule has 0 radical (unpaired) electrons. The second-order valence-corrected chi connectivity index (χ2v) is 13.6. The van der Waals surface area contributed by atoms with Crippen LogP contribution in [0, 0.1) is 12.8 Å². The molecule has 1 amide bonds. The summed E-state index contributed by atoms with van der Waals surface area (Å²) in [6.07, 6.45) is 4.37. The van der Waals surface area contributed by atoms with Crippen LogP contribution in [-0.2, 0) is 11.3 Å². The average molecular weight is 615 g/mol. The summed E-state index contributed by atoms with van der Waals surface area (Å²) >= 11 is 0. The summed E-state index contributed by atoms with van der Waals surface area (Å²) in [5, 5.41) is 5.58. The van der Waals surface area contributed by atoms with Crippen LogP contribution in [0.5, 0.6) is 0 Å². The first-order chi connectivity index (χ1) is 19.7. The summed E-state index contributed by atoms with van der Waals surface area (Å²) in [5.74, 6) is -0.417. The Morgan fingerprint density at radius 1 is 1.00 bits per heavy atom. The lowest BCUT2D eigenvalue weighted by atomic mass is 9.96. The second-order valence-electron chi connectivity index (χ2n) is 11.2. The van der Waals surface area contributed by atoms with Gasteiger partial charge in [-0.05, 0) is 74.5 Å². The van der Waals surface area contributed by atoms with Gasteiger partial charge >= 0.3 is 10.2 Å². The van der Waals surface area contributed by atoms with Crippen LogP contribution in [0.15, 0.2) is 47.5 Å². The molecule has 3 heterocycles. The number of benzene rings is 2. The smallest absolute Gasteiger partial charge is 0.310 e. The molecule has 0 unspecified atom stereocenters. The summed E-state index contributed by atoms with van der Waals surface area (Å²) in [6.45, 7) is 7.23. The zero-order valence-corrected chi connectivity index (χ0v) is 24.2. The maximum atomic E-state index is 13.2. The lowest BCUT2D eigenvalue weighted by molar-refractivity contribution is 0.0371. The molecule has 2 fully saturated rings. The number of carbonyl (C=O) groups is 2. The van der Waals surface area contributed by atoms with Gasteiger partial charge in [0.2, 0.25) is 0 Å². The largest absolute Gasteiger partial charge is 0.379 e. The van der Waals surface area contributed by atoms with Gasteiger partial charge in [-0.15, -0.1) is 0 Å². The molecule has 3 aromatic rings. The molecular weight excluding hydrogens is 579 g/mol. The lowest BCUT2D eigenvalue weighted by Crippen LogP contribution is -2.39. The van der Waals surface area contributed by atoms with Gasteiger partial charge in [-0.25, -0.2) is 0 Å². The Labute approximate surface area is 241 Å². The van der Waals surface area contributed by atoms with E-state index in [9.17, 15) is 29.0 Å². The molecule has 2 saturated heterocycles.